The Morgan fingerprint density at radius 1 is 1.11 bits per heavy atom. The fourth-order valence-corrected chi connectivity index (χ4v) is 5.62. The molecular formula is C23H32N4O. The molecule has 2 heterocycles. The molecule has 2 saturated heterocycles. The quantitative estimate of drug-likeness (QED) is 0.872. The Hall–Kier alpha value is -2.06. The Morgan fingerprint density at radius 2 is 1.75 bits per heavy atom. The Bertz CT molecular complexity index is 738. The highest BCUT2D eigenvalue weighted by molar-refractivity contribution is 5.93. The van der Waals surface area contributed by atoms with Gasteiger partial charge < -0.3 is 10.2 Å². The van der Waals surface area contributed by atoms with Crippen LogP contribution in [0.1, 0.15) is 52.4 Å². The first kappa shape index (κ1) is 19.3. The third-order valence-electron chi connectivity index (χ3n) is 7.61. The minimum atomic E-state index is -0.469. The number of rotatable bonds is 3. The summed E-state index contributed by atoms with van der Waals surface area (Å²) in [6.07, 6.45) is 5.78. The Kier molecular flexibility index (Phi) is 5.09. The first-order valence-corrected chi connectivity index (χ1v) is 10.8. The number of anilines is 1. The lowest BCUT2D eigenvalue weighted by atomic mass is 9.71. The second-order valence-corrected chi connectivity index (χ2v) is 9.17. The highest BCUT2D eigenvalue weighted by Crippen LogP contribution is 2.43. The van der Waals surface area contributed by atoms with Crippen LogP contribution in [-0.2, 0) is 4.79 Å². The molecule has 5 nitrogen and oxygen atoms in total. The molecule has 1 aromatic rings. The van der Waals surface area contributed by atoms with Gasteiger partial charge >= 0.3 is 0 Å². The fraction of sp³-hybridized carbons (Fsp3) is 0.652. The third kappa shape index (κ3) is 3.08. The minimum Gasteiger partial charge on any atom is -0.339 e. The minimum absolute atomic E-state index is 0.144. The van der Waals surface area contributed by atoms with E-state index in [-0.39, 0.29) is 11.4 Å². The summed E-state index contributed by atoms with van der Waals surface area (Å²) in [4.78, 5) is 17.5. The van der Waals surface area contributed by atoms with E-state index < -0.39 is 5.54 Å². The van der Waals surface area contributed by atoms with Crippen molar-refractivity contribution < 1.29 is 4.79 Å². The van der Waals surface area contributed by atoms with Gasteiger partial charge in [-0.15, -0.1) is 0 Å². The molecule has 28 heavy (non-hydrogen) atoms. The number of benzene rings is 1. The molecule has 1 aromatic carbocycles. The van der Waals surface area contributed by atoms with Gasteiger partial charge in [0.15, 0.2) is 0 Å². The van der Waals surface area contributed by atoms with Crippen LogP contribution in [-0.4, -0.2) is 41.6 Å². The van der Waals surface area contributed by atoms with Crippen molar-refractivity contribution in [3.63, 3.8) is 0 Å². The van der Waals surface area contributed by atoms with Crippen LogP contribution in [0.25, 0.3) is 0 Å². The maximum atomic E-state index is 12.8. The Labute approximate surface area is 168 Å². The maximum absolute atomic E-state index is 12.8. The number of nitrogens with zero attached hydrogens (tertiary/aromatic N) is 3. The number of hydrogen-bond acceptors (Lipinski definition) is 4. The molecule has 150 valence electrons. The van der Waals surface area contributed by atoms with Gasteiger partial charge in [0.1, 0.15) is 11.1 Å². The van der Waals surface area contributed by atoms with Gasteiger partial charge in [0.25, 0.3) is 0 Å². The van der Waals surface area contributed by atoms with Crippen LogP contribution >= 0.6 is 0 Å². The summed E-state index contributed by atoms with van der Waals surface area (Å²) in [6.45, 7) is 6.80. The number of piperidine rings is 1. The van der Waals surface area contributed by atoms with E-state index in [1.54, 1.807) is 0 Å². The molecule has 3 fully saturated rings. The SMILES string of the molecule is CC(C)C1CCC(C#N)(N2CCC3(CC2)C(=O)NCN3c2ccccc2)CC1. The highest BCUT2D eigenvalue weighted by atomic mass is 16.2. The monoisotopic (exact) mass is 380 g/mol. The molecule has 1 N–H and O–H groups in total. The number of carbonyl (C=O) groups excluding carboxylic acids is 1. The number of nitriles is 1. The van der Waals surface area contributed by atoms with Gasteiger partial charge in [-0.25, -0.2) is 0 Å². The fourth-order valence-electron chi connectivity index (χ4n) is 5.62. The van der Waals surface area contributed by atoms with Gasteiger partial charge in [0, 0.05) is 18.8 Å². The number of carbonyl (C=O) groups is 1. The first-order chi connectivity index (χ1) is 13.5. The zero-order valence-electron chi connectivity index (χ0n) is 17.2. The van der Waals surface area contributed by atoms with Crippen molar-refractivity contribution in [2.75, 3.05) is 24.7 Å². The number of likely N-dealkylation sites (tertiary alicyclic amines) is 1. The topological polar surface area (TPSA) is 59.4 Å². The molecule has 0 bridgehead atoms. The van der Waals surface area contributed by atoms with Crippen molar-refractivity contribution in [2.45, 2.75) is 63.5 Å². The normalized spacial score (nSPS) is 30.4. The summed E-state index contributed by atoms with van der Waals surface area (Å²) in [5.41, 5.74) is 0.297. The van der Waals surface area contributed by atoms with E-state index in [2.05, 4.69) is 47.2 Å². The average Bonchev–Trinajstić information content (AvgIpc) is 3.05. The molecule has 5 heteroatoms. The molecular weight excluding hydrogens is 348 g/mol. The lowest BCUT2D eigenvalue weighted by Crippen LogP contribution is -2.61. The van der Waals surface area contributed by atoms with Crippen molar-refractivity contribution >= 4 is 11.6 Å². The molecule has 0 unspecified atom stereocenters. The molecule has 2 aliphatic heterocycles. The Balaban J connectivity index is 1.49. The van der Waals surface area contributed by atoms with E-state index in [0.29, 0.717) is 12.6 Å². The van der Waals surface area contributed by atoms with Crippen LogP contribution < -0.4 is 10.2 Å². The van der Waals surface area contributed by atoms with E-state index in [0.717, 1.165) is 63.2 Å². The molecule has 0 atom stereocenters. The molecule has 1 amide bonds. The van der Waals surface area contributed by atoms with Gasteiger partial charge in [-0.1, -0.05) is 32.0 Å². The Morgan fingerprint density at radius 3 is 2.32 bits per heavy atom. The highest BCUT2D eigenvalue weighted by Gasteiger charge is 2.53. The molecule has 3 aliphatic rings. The molecule has 1 aliphatic carbocycles. The van der Waals surface area contributed by atoms with Crippen molar-refractivity contribution in [2.24, 2.45) is 11.8 Å². The summed E-state index contributed by atoms with van der Waals surface area (Å²) in [7, 11) is 0. The van der Waals surface area contributed by atoms with E-state index >= 15 is 0 Å². The van der Waals surface area contributed by atoms with E-state index in [9.17, 15) is 10.1 Å². The number of nitrogens with one attached hydrogen (secondary N) is 1. The predicted octanol–water partition coefficient (Wildman–Crippen LogP) is 3.52. The average molecular weight is 381 g/mol. The number of para-hydroxylation sites is 1. The number of amides is 1. The van der Waals surface area contributed by atoms with Crippen molar-refractivity contribution in [3.05, 3.63) is 30.3 Å². The third-order valence-corrected chi connectivity index (χ3v) is 7.61. The van der Waals surface area contributed by atoms with Crippen LogP contribution in [0, 0.1) is 23.2 Å². The first-order valence-electron chi connectivity index (χ1n) is 10.8. The van der Waals surface area contributed by atoms with Crippen LogP contribution in [0.2, 0.25) is 0 Å². The van der Waals surface area contributed by atoms with Crippen LogP contribution in [0.4, 0.5) is 5.69 Å². The van der Waals surface area contributed by atoms with E-state index in [1.807, 2.05) is 18.2 Å². The summed E-state index contributed by atoms with van der Waals surface area (Å²) < 4.78 is 0. The molecule has 0 aromatic heterocycles. The van der Waals surface area contributed by atoms with E-state index in [4.69, 9.17) is 0 Å². The molecule has 0 radical (unpaired) electrons. The lowest BCUT2D eigenvalue weighted by Gasteiger charge is -2.50. The number of hydrogen-bond donors (Lipinski definition) is 1. The van der Waals surface area contributed by atoms with Crippen molar-refractivity contribution in [3.8, 4) is 6.07 Å². The van der Waals surface area contributed by atoms with Crippen molar-refractivity contribution in [1.29, 1.82) is 5.26 Å². The van der Waals surface area contributed by atoms with E-state index in [1.165, 1.54) is 0 Å². The summed E-state index contributed by atoms with van der Waals surface area (Å²) >= 11 is 0. The largest absolute Gasteiger partial charge is 0.339 e. The predicted molar refractivity (Wildman–Crippen MR) is 111 cm³/mol. The molecule has 4 rings (SSSR count). The van der Waals surface area contributed by atoms with Gasteiger partial charge in [0.2, 0.25) is 5.91 Å². The molecule has 1 saturated carbocycles. The van der Waals surface area contributed by atoms with Crippen LogP contribution in [0.15, 0.2) is 30.3 Å². The standard InChI is InChI=1S/C23H32N4O/c1-18(2)19-8-10-22(16-24,11-9-19)26-14-12-23(13-15-26)21(28)25-17-27(23)20-6-4-3-5-7-20/h3-7,18-19H,8-15,17H2,1-2H3,(H,25,28). The molecule has 1 spiro atoms. The summed E-state index contributed by atoms with van der Waals surface area (Å²) in [5.74, 6) is 1.58. The van der Waals surface area contributed by atoms with Gasteiger partial charge in [-0.2, -0.15) is 5.26 Å². The van der Waals surface area contributed by atoms with Crippen LogP contribution in [0.3, 0.4) is 0 Å². The summed E-state index contributed by atoms with van der Waals surface area (Å²) in [6, 6.07) is 12.9. The second kappa shape index (κ2) is 7.40. The lowest BCUT2D eigenvalue weighted by molar-refractivity contribution is -0.125. The van der Waals surface area contributed by atoms with Gasteiger partial charge in [-0.05, 0) is 62.5 Å². The smallest absolute Gasteiger partial charge is 0.247 e. The zero-order chi connectivity index (χ0) is 19.8. The summed E-state index contributed by atoms with van der Waals surface area (Å²) in [5, 5.41) is 13.1. The van der Waals surface area contributed by atoms with Gasteiger partial charge in [-0.3, -0.25) is 9.69 Å². The van der Waals surface area contributed by atoms with Crippen molar-refractivity contribution in [1.82, 2.24) is 10.2 Å². The second-order valence-electron chi connectivity index (χ2n) is 9.17. The van der Waals surface area contributed by atoms with Gasteiger partial charge in [0.05, 0.1) is 12.7 Å². The maximum Gasteiger partial charge on any atom is 0.247 e. The zero-order valence-corrected chi connectivity index (χ0v) is 17.2. The van der Waals surface area contributed by atoms with Crippen LogP contribution in [0.5, 0.6) is 0 Å².